The second-order valence-corrected chi connectivity index (χ2v) is 9.61. The van der Waals surface area contributed by atoms with Gasteiger partial charge < -0.3 is 19.9 Å². The largest absolute Gasteiger partial charge is 0.497 e. The van der Waals surface area contributed by atoms with Crippen molar-refractivity contribution in [1.29, 1.82) is 0 Å². The number of carbonyl (C=O) groups excluding carboxylic acids is 2. The molecular weight excluding hydrogens is 464 g/mol. The number of methoxy groups -OCH3 is 1. The van der Waals surface area contributed by atoms with Crippen molar-refractivity contribution in [2.75, 3.05) is 55.0 Å². The number of aryl methyl sites for hydroxylation is 1. The predicted molar refractivity (Wildman–Crippen MR) is 148 cm³/mol. The minimum atomic E-state index is -0.118. The lowest BCUT2D eigenvalue weighted by atomic mass is 10.1. The minimum Gasteiger partial charge on any atom is -0.497 e. The van der Waals surface area contributed by atoms with Crippen molar-refractivity contribution >= 4 is 29.0 Å². The third-order valence-electron chi connectivity index (χ3n) is 7.22. The molecule has 0 unspecified atom stereocenters. The average molecular weight is 499 g/mol. The molecule has 3 amide bonds. The van der Waals surface area contributed by atoms with Crippen LogP contribution in [0, 0.1) is 0 Å². The number of benzene rings is 3. The van der Waals surface area contributed by atoms with E-state index in [1.54, 1.807) is 7.11 Å². The summed E-state index contributed by atoms with van der Waals surface area (Å²) in [7, 11) is 1.67. The molecule has 3 aromatic carbocycles. The van der Waals surface area contributed by atoms with Gasteiger partial charge in [0.1, 0.15) is 5.75 Å². The third-order valence-corrected chi connectivity index (χ3v) is 7.22. The van der Waals surface area contributed by atoms with Gasteiger partial charge in [0.2, 0.25) is 5.91 Å². The summed E-state index contributed by atoms with van der Waals surface area (Å²) in [5, 5.41) is 3.03. The SMILES string of the molecule is COc1cccc(N2CCN(C(=O)Cc3ccc(NC(=O)N4CCCCc5ccccc54)cc3)CC2)c1. The van der Waals surface area contributed by atoms with Crippen LogP contribution in [-0.2, 0) is 17.6 Å². The van der Waals surface area contributed by atoms with Crippen molar-refractivity contribution in [3.05, 3.63) is 83.9 Å². The Bertz CT molecular complexity index is 1240. The molecule has 0 radical (unpaired) electrons. The minimum absolute atomic E-state index is 0.118. The summed E-state index contributed by atoms with van der Waals surface area (Å²) in [5.74, 6) is 0.968. The zero-order chi connectivity index (χ0) is 25.6. The first kappa shape index (κ1) is 24.7. The summed E-state index contributed by atoms with van der Waals surface area (Å²) in [6.45, 7) is 3.69. The van der Waals surface area contributed by atoms with Gasteiger partial charge in [0, 0.05) is 55.9 Å². The van der Waals surface area contributed by atoms with E-state index in [0.717, 1.165) is 60.7 Å². The van der Waals surface area contributed by atoms with Crippen LogP contribution in [0.25, 0.3) is 0 Å². The molecular formula is C30H34N4O3. The Hall–Kier alpha value is -4.00. The van der Waals surface area contributed by atoms with Crippen LogP contribution in [0.15, 0.2) is 72.8 Å². The topological polar surface area (TPSA) is 65.1 Å². The molecule has 7 nitrogen and oxygen atoms in total. The summed E-state index contributed by atoms with van der Waals surface area (Å²) in [5.41, 5.74) is 5.00. The lowest BCUT2D eigenvalue weighted by Gasteiger charge is -2.36. The first-order valence-electron chi connectivity index (χ1n) is 13.0. The molecule has 192 valence electrons. The number of urea groups is 1. The average Bonchev–Trinajstić information content (AvgIpc) is 3.17. The van der Waals surface area contributed by atoms with E-state index >= 15 is 0 Å². The maximum absolute atomic E-state index is 13.1. The molecule has 0 aromatic heterocycles. The summed E-state index contributed by atoms with van der Waals surface area (Å²) >= 11 is 0. The van der Waals surface area contributed by atoms with Crippen molar-refractivity contribution in [2.24, 2.45) is 0 Å². The van der Waals surface area contributed by atoms with Crippen LogP contribution in [0.3, 0.4) is 0 Å². The molecule has 2 aliphatic heterocycles. The monoisotopic (exact) mass is 498 g/mol. The molecule has 37 heavy (non-hydrogen) atoms. The van der Waals surface area contributed by atoms with E-state index in [1.807, 2.05) is 70.5 Å². The number of amides is 3. The zero-order valence-corrected chi connectivity index (χ0v) is 21.4. The molecule has 2 heterocycles. The summed E-state index contributed by atoms with van der Waals surface area (Å²) in [6, 6.07) is 23.7. The molecule has 1 saturated heterocycles. The van der Waals surface area contributed by atoms with Gasteiger partial charge in [-0.2, -0.15) is 0 Å². The van der Waals surface area contributed by atoms with Crippen LogP contribution in [-0.4, -0.2) is 56.7 Å². The lowest BCUT2D eigenvalue weighted by Crippen LogP contribution is -2.49. The normalized spacial score (nSPS) is 15.5. The zero-order valence-electron chi connectivity index (χ0n) is 21.4. The number of para-hydroxylation sites is 1. The van der Waals surface area contributed by atoms with Crippen molar-refractivity contribution in [2.45, 2.75) is 25.7 Å². The Kier molecular flexibility index (Phi) is 7.59. The van der Waals surface area contributed by atoms with Crippen LogP contribution >= 0.6 is 0 Å². The van der Waals surface area contributed by atoms with Gasteiger partial charge in [-0.3, -0.25) is 9.69 Å². The number of carbonyl (C=O) groups is 2. The fourth-order valence-electron chi connectivity index (χ4n) is 5.11. The van der Waals surface area contributed by atoms with Crippen molar-refractivity contribution in [1.82, 2.24) is 4.90 Å². The third kappa shape index (κ3) is 5.88. The van der Waals surface area contributed by atoms with Gasteiger partial charge >= 0.3 is 6.03 Å². The van der Waals surface area contributed by atoms with E-state index in [-0.39, 0.29) is 11.9 Å². The molecule has 0 bridgehead atoms. The Balaban J connectivity index is 1.14. The second-order valence-electron chi connectivity index (χ2n) is 9.61. The predicted octanol–water partition coefficient (Wildman–Crippen LogP) is 4.96. The van der Waals surface area contributed by atoms with Gasteiger partial charge in [-0.05, 0) is 60.7 Å². The smallest absolute Gasteiger partial charge is 0.326 e. The van der Waals surface area contributed by atoms with Crippen molar-refractivity contribution in [3.63, 3.8) is 0 Å². The highest BCUT2D eigenvalue weighted by molar-refractivity contribution is 6.02. The van der Waals surface area contributed by atoms with Crippen LogP contribution in [0.2, 0.25) is 0 Å². The Labute approximate surface area is 218 Å². The van der Waals surface area contributed by atoms with Crippen LogP contribution in [0.4, 0.5) is 21.9 Å². The molecule has 0 aliphatic carbocycles. The molecule has 2 aliphatic rings. The maximum atomic E-state index is 13.1. The Morgan fingerprint density at radius 3 is 2.43 bits per heavy atom. The lowest BCUT2D eigenvalue weighted by molar-refractivity contribution is -0.130. The van der Waals surface area contributed by atoms with E-state index in [0.29, 0.717) is 26.1 Å². The maximum Gasteiger partial charge on any atom is 0.326 e. The first-order valence-corrected chi connectivity index (χ1v) is 13.0. The van der Waals surface area contributed by atoms with E-state index in [1.165, 1.54) is 5.56 Å². The van der Waals surface area contributed by atoms with E-state index in [2.05, 4.69) is 22.3 Å². The van der Waals surface area contributed by atoms with Crippen LogP contribution in [0.5, 0.6) is 5.75 Å². The van der Waals surface area contributed by atoms with E-state index in [4.69, 9.17) is 4.74 Å². The summed E-state index contributed by atoms with van der Waals surface area (Å²) < 4.78 is 5.33. The standard InChI is InChI=1S/C30H34N4O3/c1-37-27-10-6-9-26(22-27)32-17-19-33(20-18-32)29(35)21-23-12-14-25(15-13-23)31-30(36)34-16-5-4-8-24-7-2-3-11-28(24)34/h2-3,6-7,9-15,22H,4-5,8,16-21H2,1H3,(H,31,36). The van der Waals surface area contributed by atoms with E-state index < -0.39 is 0 Å². The van der Waals surface area contributed by atoms with Crippen molar-refractivity contribution < 1.29 is 14.3 Å². The summed E-state index contributed by atoms with van der Waals surface area (Å²) in [4.78, 5) is 32.1. The number of fused-ring (bicyclic) bond motifs is 1. The highest BCUT2D eigenvalue weighted by Crippen LogP contribution is 2.27. The molecule has 1 N–H and O–H groups in total. The number of piperazine rings is 1. The fourth-order valence-corrected chi connectivity index (χ4v) is 5.11. The molecule has 0 spiro atoms. The molecule has 5 rings (SSSR count). The number of ether oxygens (including phenoxy) is 1. The second kappa shape index (κ2) is 11.4. The highest BCUT2D eigenvalue weighted by Gasteiger charge is 2.23. The first-order chi connectivity index (χ1) is 18.1. The van der Waals surface area contributed by atoms with Gasteiger partial charge in [0.25, 0.3) is 0 Å². The van der Waals surface area contributed by atoms with Gasteiger partial charge in [-0.25, -0.2) is 4.79 Å². The number of hydrogen-bond acceptors (Lipinski definition) is 4. The molecule has 3 aromatic rings. The highest BCUT2D eigenvalue weighted by atomic mass is 16.5. The molecule has 0 saturated carbocycles. The Morgan fingerprint density at radius 2 is 1.65 bits per heavy atom. The molecule has 0 atom stereocenters. The van der Waals surface area contributed by atoms with E-state index in [9.17, 15) is 9.59 Å². The van der Waals surface area contributed by atoms with Crippen molar-refractivity contribution in [3.8, 4) is 5.75 Å². The number of anilines is 3. The molecule has 1 fully saturated rings. The number of nitrogens with one attached hydrogen (secondary N) is 1. The fraction of sp³-hybridized carbons (Fsp3) is 0.333. The van der Waals surface area contributed by atoms with Gasteiger partial charge in [-0.1, -0.05) is 36.4 Å². The van der Waals surface area contributed by atoms with Crippen LogP contribution < -0.4 is 19.9 Å². The van der Waals surface area contributed by atoms with Gasteiger partial charge in [-0.15, -0.1) is 0 Å². The number of rotatable bonds is 5. The van der Waals surface area contributed by atoms with Gasteiger partial charge in [0.05, 0.1) is 13.5 Å². The number of nitrogens with zero attached hydrogens (tertiary/aromatic N) is 3. The summed E-state index contributed by atoms with van der Waals surface area (Å²) in [6.07, 6.45) is 3.42. The Morgan fingerprint density at radius 1 is 0.865 bits per heavy atom. The molecule has 7 heteroatoms. The van der Waals surface area contributed by atoms with Gasteiger partial charge in [0.15, 0.2) is 0 Å². The number of hydrogen-bond donors (Lipinski definition) is 1. The van der Waals surface area contributed by atoms with Crippen LogP contribution in [0.1, 0.15) is 24.0 Å². The quantitative estimate of drug-likeness (QED) is 0.540.